The van der Waals surface area contributed by atoms with Gasteiger partial charge in [0.15, 0.2) is 0 Å². The predicted octanol–water partition coefficient (Wildman–Crippen LogP) is -8.40. The SMILES string of the molecule is O=C(O)C(=O)N(O)CCCP(=O)([O-])[O-].[Na+].[Na+]. The molecule has 0 aromatic heterocycles. The van der Waals surface area contributed by atoms with Gasteiger partial charge in [-0.2, -0.15) is 0 Å². The van der Waals surface area contributed by atoms with E-state index in [1.54, 1.807) is 0 Å². The number of carbonyl (C=O) groups is 2. The molecular weight excluding hydrogens is 263 g/mol. The van der Waals surface area contributed by atoms with Gasteiger partial charge in [0.1, 0.15) is 0 Å². The van der Waals surface area contributed by atoms with Gasteiger partial charge in [-0.15, -0.1) is 0 Å². The van der Waals surface area contributed by atoms with E-state index >= 15 is 0 Å². The summed E-state index contributed by atoms with van der Waals surface area (Å²) in [4.78, 5) is 40.6. The first kappa shape index (κ1) is 22.2. The minimum absolute atomic E-state index is 0. The van der Waals surface area contributed by atoms with Crippen LogP contribution < -0.4 is 68.9 Å². The molecule has 0 aromatic rings. The Hall–Kier alpha value is 1.05. The molecule has 0 radical (unpaired) electrons. The number of carboxylic acid groups (broad SMARTS) is 1. The van der Waals surface area contributed by atoms with Gasteiger partial charge in [0.25, 0.3) is 0 Å². The second-order valence-corrected chi connectivity index (χ2v) is 4.09. The molecule has 0 fully saturated rings. The molecule has 0 aromatic carbocycles. The minimum Gasteiger partial charge on any atom is -0.811 e. The zero-order valence-corrected chi connectivity index (χ0v) is 13.8. The van der Waals surface area contributed by atoms with Gasteiger partial charge in [-0.1, -0.05) is 7.60 Å². The summed E-state index contributed by atoms with van der Waals surface area (Å²) in [6, 6.07) is 0. The fourth-order valence-electron chi connectivity index (χ4n) is 0.626. The smallest absolute Gasteiger partial charge is 0.811 e. The maximum Gasteiger partial charge on any atom is 1.00 e. The average molecular weight is 271 g/mol. The van der Waals surface area contributed by atoms with Crippen LogP contribution in [0.5, 0.6) is 0 Å². The predicted molar refractivity (Wildman–Crippen MR) is 38.2 cm³/mol. The first-order valence-electron chi connectivity index (χ1n) is 3.49. The summed E-state index contributed by atoms with van der Waals surface area (Å²) in [7, 11) is -4.67. The van der Waals surface area contributed by atoms with Crippen LogP contribution in [-0.2, 0) is 14.2 Å². The maximum atomic E-state index is 10.4. The quantitative estimate of drug-likeness (QED) is 0.170. The van der Waals surface area contributed by atoms with Crippen molar-refractivity contribution in [1.29, 1.82) is 0 Å². The number of hydrogen-bond acceptors (Lipinski definition) is 6. The zero-order chi connectivity index (χ0) is 11.4. The Kier molecular flexibility index (Phi) is 13.9. The van der Waals surface area contributed by atoms with Gasteiger partial charge in [-0.05, 0) is 12.6 Å². The molecule has 0 saturated carbocycles. The van der Waals surface area contributed by atoms with Gasteiger partial charge in [0, 0.05) is 6.54 Å². The number of hydroxylamine groups is 2. The maximum absolute atomic E-state index is 10.4. The number of aliphatic carboxylic acids is 1. The molecule has 8 nitrogen and oxygen atoms in total. The Labute approximate surface area is 136 Å². The van der Waals surface area contributed by atoms with E-state index in [2.05, 4.69) is 0 Å². The summed E-state index contributed by atoms with van der Waals surface area (Å²) < 4.78 is 10.1. The summed E-state index contributed by atoms with van der Waals surface area (Å²) in [5.74, 6) is -3.43. The first-order chi connectivity index (χ1) is 6.24. The summed E-state index contributed by atoms with van der Waals surface area (Å²) in [5.41, 5.74) is 0. The van der Waals surface area contributed by atoms with Crippen molar-refractivity contribution in [2.24, 2.45) is 0 Å². The third-order valence-electron chi connectivity index (χ3n) is 1.22. The number of carboxylic acids is 1. The van der Waals surface area contributed by atoms with Crippen LogP contribution in [0.25, 0.3) is 0 Å². The molecule has 11 heteroatoms. The Morgan fingerprint density at radius 2 is 1.69 bits per heavy atom. The number of amides is 1. The molecule has 1 amide bonds. The standard InChI is InChI=1S/C5H10NO7P.2Na/c7-4(5(8)9)6(10)2-1-3-14(11,12)13;;/h10H,1-3H2,(H,8,9)(H2,11,12,13);;/q;2*+1/p-2. The van der Waals surface area contributed by atoms with E-state index in [0.29, 0.717) is 0 Å². The van der Waals surface area contributed by atoms with Gasteiger partial charge in [-0.3, -0.25) is 10.0 Å². The number of nitrogens with zero attached hydrogens (tertiary/aromatic N) is 1. The molecule has 16 heavy (non-hydrogen) atoms. The molecule has 0 bridgehead atoms. The van der Waals surface area contributed by atoms with Gasteiger partial charge < -0.3 is 19.5 Å². The molecule has 0 heterocycles. The van der Waals surface area contributed by atoms with Crippen molar-refractivity contribution in [3.63, 3.8) is 0 Å². The van der Waals surface area contributed by atoms with Crippen molar-refractivity contribution < 1.29 is 93.4 Å². The summed E-state index contributed by atoms with van der Waals surface area (Å²) >= 11 is 0. The zero-order valence-electron chi connectivity index (χ0n) is 8.95. The number of rotatable bonds is 4. The summed E-state index contributed by atoms with van der Waals surface area (Å²) in [6.45, 7) is -0.514. The molecule has 0 saturated heterocycles. The van der Waals surface area contributed by atoms with Gasteiger partial charge >= 0.3 is 71.0 Å². The third kappa shape index (κ3) is 11.5. The van der Waals surface area contributed by atoms with Crippen molar-refractivity contribution in [2.45, 2.75) is 6.42 Å². The topological polar surface area (TPSA) is 141 Å². The molecule has 0 aliphatic heterocycles. The average Bonchev–Trinajstić information content (AvgIpc) is 2.00. The minimum atomic E-state index is -4.67. The molecule has 0 aliphatic rings. The normalized spacial score (nSPS) is 9.69. The van der Waals surface area contributed by atoms with E-state index in [0.717, 1.165) is 0 Å². The van der Waals surface area contributed by atoms with Crippen LogP contribution in [0.15, 0.2) is 0 Å². The molecule has 0 rings (SSSR count). The molecule has 0 aliphatic carbocycles. The molecule has 0 atom stereocenters. The van der Waals surface area contributed by atoms with Gasteiger partial charge in [0.05, 0.1) is 0 Å². The monoisotopic (exact) mass is 271 g/mol. The first-order valence-corrected chi connectivity index (χ1v) is 5.21. The fourth-order valence-corrected chi connectivity index (χ4v) is 1.15. The van der Waals surface area contributed by atoms with Crippen molar-refractivity contribution in [1.82, 2.24) is 5.06 Å². The van der Waals surface area contributed by atoms with E-state index in [1.807, 2.05) is 0 Å². The summed E-state index contributed by atoms with van der Waals surface area (Å²) in [5, 5.41) is 16.6. The van der Waals surface area contributed by atoms with Crippen LogP contribution in [0.1, 0.15) is 6.42 Å². The van der Waals surface area contributed by atoms with Crippen LogP contribution in [0, 0.1) is 0 Å². The van der Waals surface area contributed by atoms with Crippen LogP contribution in [-0.4, -0.2) is 40.0 Å². The van der Waals surface area contributed by atoms with E-state index in [9.17, 15) is 23.9 Å². The van der Waals surface area contributed by atoms with Crippen LogP contribution in [0.2, 0.25) is 0 Å². The van der Waals surface area contributed by atoms with E-state index in [1.165, 1.54) is 0 Å². The second kappa shape index (κ2) is 10.0. The fraction of sp³-hybridized carbons (Fsp3) is 0.600. The Morgan fingerprint density at radius 3 is 2.00 bits per heavy atom. The Bertz CT molecular complexity index is 280. The van der Waals surface area contributed by atoms with Crippen molar-refractivity contribution in [2.75, 3.05) is 12.7 Å². The van der Waals surface area contributed by atoms with E-state index in [4.69, 9.17) is 10.3 Å². The Morgan fingerprint density at radius 1 is 1.25 bits per heavy atom. The molecular formula is C5H8NNa2O7P. The van der Waals surface area contributed by atoms with E-state index < -0.39 is 32.2 Å². The van der Waals surface area contributed by atoms with Crippen LogP contribution in [0.4, 0.5) is 0 Å². The van der Waals surface area contributed by atoms with Crippen LogP contribution >= 0.6 is 7.60 Å². The third-order valence-corrected chi connectivity index (χ3v) is 2.08. The Balaban J connectivity index is -0.000000845. The largest absolute Gasteiger partial charge is 1.00 e. The number of carbonyl (C=O) groups excluding carboxylic acids is 1. The van der Waals surface area contributed by atoms with Gasteiger partial charge in [-0.25, -0.2) is 9.86 Å². The molecule has 0 spiro atoms. The van der Waals surface area contributed by atoms with Crippen LogP contribution in [0.3, 0.4) is 0 Å². The molecule has 2 N–H and O–H groups in total. The van der Waals surface area contributed by atoms with Gasteiger partial charge in [0.2, 0.25) is 0 Å². The molecule has 0 unspecified atom stereocenters. The summed E-state index contributed by atoms with van der Waals surface area (Å²) in [6.07, 6.45) is -1.04. The van der Waals surface area contributed by atoms with Crippen molar-refractivity contribution in [3.05, 3.63) is 0 Å². The number of hydrogen-bond donors (Lipinski definition) is 2. The van der Waals surface area contributed by atoms with Crippen molar-refractivity contribution in [3.8, 4) is 0 Å². The molecule has 82 valence electrons. The van der Waals surface area contributed by atoms with Crippen molar-refractivity contribution >= 4 is 19.5 Å². The second-order valence-electron chi connectivity index (χ2n) is 2.42. The van der Waals surface area contributed by atoms with E-state index in [-0.39, 0.29) is 70.6 Å².